The number of ether oxygens (including phenoxy) is 1. The number of hydrogen-bond acceptors (Lipinski definition) is 4. The van der Waals surface area contributed by atoms with E-state index in [0.29, 0.717) is 0 Å². The molecule has 4 nitrogen and oxygen atoms in total. The molecule has 0 saturated heterocycles. The smallest absolute Gasteiger partial charge is 0.165 e. The quantitative estimate of drug-likeness (QED) is 0.508. The second-order valence-corrected chi connectivity index (χ2v) is 5.99. The number of rotatable bonds is 5. The largest absolute Gasteiger partial charge is 0.486 e. The molecule has 27 heavy (non-hydrogen) atoms. The highest BCUT2D eigenvalue weighted by Gasteiger charge is 2.09. The molecular weight excluding hydrogens is 341 g/mol. The van der Waals surface area contributed by atoms with Gasteiger partial charge in [-0.05, 0) is 29.8 Å². The normalized spacial score (nSPS) is 10.6. The second kappa shape index (κ2) is 7.74. The Kier molecular flexibility index (Phi) is 4.83. The summed E-state index contributed by atoms with van der Waals surface area (Å²) >= 11 is 0. The topological polar surface area (TPSA) is 47.9 Å². The first-order valence-corrected chi connectivity index (χ1v) is 8.49. The summed E-state index contributed by atoms with van der Waals surface area (Å²) in [6.45, 7) is 0.248. The highest BCUT2D eigenvalue weighted by Crippen LogP contribution is 2.28. The Bertz CT molecular complexity index is 1040. The lowest BCUT2D eigenvalue weighted by molar-refractivity contribution is 0.290. The maximum atomic E-state index is 14.2. The molecule has 2 aromatic heterocycles. The number of benzene rings is 2. The molecule has 2 aromatic carbocycles. The van der Waals surface area contributed by atoms with Crippen LogP contribution in [0.25, 0.3) is 22.4 Å². The minimum Gasteiger partial charge on any atom is -0.486 e. The summed E-state index contributed by atoms with van der Waals surface area (Å²) in [6, 6.07) is 20.2. The molecule has 0 atom stereocenters. The van der Waals surface area contributed by atoms with E-state index >= 15 is 0 Å². The second-order valence-electron chi connectivity index (χ2n) is 5.99. The first-order valence-electron chi connectivity index (χ1n) is 8.49. The molecule has 0 aliphatic rings. The molecule has 132 valence electrons. The van der Waals surface area contributed by atoms with Crippen LogP contribution in [0.3, 0.4) is 0 Å². The van der Waals surface area contributed by atoms with Crippen molar-refractivity contribution in [1.29, 1.82) is 0 Å². The zero-order chi connectivity index (χ0) is 18.5. The summed E-state index contributed by atoms with van der Waals surface area (Å²) in [5.74, 6) is -0.220. The molecule has 5 heteroatoms. The van der Waals surface area contributed by atoms with Crippen LogP contribution in [0.4, 0.5) is 4.39 Å². The van der Waals surface area contributed by atoms with E-state index in [9.17, 15) is 4.39 Å². The van der Waals surface area contributed by atoms with E-state index in [4.69, 9.17) is 4.74 Å². The third-order valence-electron chi connectivity index (χ3n) is 4.11. The number of nitrogens with zero attached hydrogens (tertiary/aromatic N) is 3. The molecule has 0 saturated carbocycles. The van der Waals surface area contributed by atoms with Gasteiger partial charge in [0.05, 0.1) is 11.9 Å². The Morgan fingerprint density at radius 1 is 0.815 bits per heavy atom. The molecule has 4 rings (SSSR count). The van der Waals surface area contributed by atoms with E-state index in [0.717, 1.165) is 27.9 Å². The Balaban J connectivity index is 1.61. The molecular formula is C22H16FN3O. The highest BCUT2D eigenvalue weighted by molar-refractivity contribution is 5.70. The van der Waals surface area contributed by atoms with Crippen molar-refractivity contribution < 1.29 is 9.13 Å². The van der Waals surface area contributed by atoms with Gasteiger partial charge in [0.1, 0.15) is 6.61 Å². The molecule has 0 fully saturated rings. The molecule has 4 aromatic rings. The van der Waals surface area contributed by atoms with Crippen molar-refractivity contribution >= 4 is 0 Å². The van der Waals surface area contributed by atoms with Crippen LogP contribution in [-0.4, -0.2) is 15.2 Å². The van der Waals surface area contributed by atoms with Crippen LogP contribution in [-0.2, 0) is 6.61 Å². The molecule has 2 heterocycles. The maximum Gasteiger partial charge on any atom is 0.165 e. The summed E-state index contributed by atoms with van der Waals surface area (Å²) in [4.78, 5) is 4.03. The Morgan fingerprint density at radius 3 is 2.52 bits per heavy atom. The van der Waals surface area contributed by atoms with Crippen LogP contribution < -0.4 is 4.74 Å². The van der Waals surface area contributed by atoms with Gasteiger partial charge < -0.3 is 4.74 Å². The van der Waals surface area contributed by atoms with Crippen molar-refractivity contribution in [2.45, 2.75) is 6.61 Å². The van der Waals surface area contributed by atoms with Crippen LogP contribution in [0.2, 0.25) is 0 Å². The summed E-state index contributed by atoms with van der Waals surface area (Å²) in [5, 5.41) is 8.28. The van der Waals surface area contributed by atoms with E-state index in [1.54, 1.807) is 30.7 Å². The first kappa shape index (κ1) is 16.8. The van der Waals surface area contributed by atoms with Gasteiger partial charge in [-0.3, -0.25) is 4.98 Å². The number of aromatic nitrogens is 3. The van der Waals surface area contributed by atoms with Crippen LogP contribution in [0.5, 0.6) is 5.75 Å². The van der Waals surface area contributed by atoms with Crippen molar-refractivity contribution in [2.75, 3.05) is 0 Å². The molecule has 0 unspecified atom stereocenters. The SMILES string of the molecule is Fc1ccc(-c2cnnc(-c3ccccc3)c2)cc1OCc1cccnc1. The van der Waals surface area contributed by atoms with Crippen molar-refractivity contribution in [2.24, 2.45) is 0 Å². The zero-order valence-electron chi connectivity index (χ0n) is 14.4. The van der Waals surface area contributed by atoms with Crippen molar-refractivity contribution in [1.82, 2.24) is 15.2 Å². The Hall–Kier alpha value is -3.60. The van der Waals surface area contributed by atoms with Crippen LogP contribution in [0.1, 0.15) is 5.56 Å². The van der Waals surface area contributed by atoms with Gasteiger partial charge in [0.15, 0.2) is 11.6 Å². The van der Waals surface area contributed by atoms with Gasteiger partial charge in [0.2, 0.25) is 0 Å². The monoisotopic (exact) mass is 357 g/mol. The predicted octanol–water partition coefficient (Wildman–Crippen LogP) is 4.92. The number of halogens is 1. The fourth-order valence-corrected chi connectivity index (χ4v) is 2.71. The van der Waals surface area contributed by atoms with E-state index in [1.807, 2.05) is 48.5 Å². The molecule has 0 bridgehead atoms. The number of hydrogen-bond donors (Lipinski definition) is 0. The predicted molar refractivity (Wildman–Crippen MR) is 101 cm³/mol. The maximum absolute atomic E-state index is 14.2. The van der Waals surface area contributed by atoms with Crippen molar-refractivity contribution in [3.63, 3.8) is 0 Å². The molecule has 0 N–H and O–H groups in total. The lowest BCUT2D eigenvalue weighted by atomic mass is 10.0. The highest BCUT2D eigenvalue weighted by atomic mass is 19.1. The minimum atomic E-state index is -0.409. The summed E-state index contributed by atoms with van der Waals surface area (Å²) in [6.07, 6.45) is 5.04. The molecule has 0 aliphatic carbocycles. The minimum absolute atomic E-state index is 0.189. The Labute approximate surface area is 156 Å². The van der Waals surface area contributed by atoms with Crippen LogP contribution in [0.15, 0.2) is 85.3 Å². The van der Waals surface area contributed by atoms with Gasteiger partial charge >= 0.3 is 0 Å². The van der Waals surface area contributed by atoms with E-state index < -0.39 is 5.82 Å². The standard InChI is InChI=1S/C22H16FN3O/c23-20-9-8-18(12-22(20)27-15-16-5-4-10-24-13-16)19-11-21(26-25-14-19)17-6-2-1-3-7-17/h1-14H,15H2. The lowest BCUT2D eigenvalue weighted by Crippen LogP contribution is -1.98. The van der Waals surface area contributed by atoms with E-state index in [1.165, 1.54) is 6.07 Å². The van der Waals surface area contributed by atoms with E-state index in [-0.39, 0.29) is 12.4 Å². The fourth-order valence-electron chi connectivity index (χ4n) is 2.71. The average molecular weight is 357 g/mol. The fraction of sp³-hybridized carbons (Fsp3) is 0.0455. The van der Waals surface area contributed by atoms with Gasteiger partial charge in [0, 0.05) is 29.1 Å². The first-order chi connectivity index (χ1) is 13.3. The summed E-state index contributed by atoms with van der Waals surface area (Å²) < 4.78 is 19.8. The molecule has 0 radical (unpaired) electrons. The van der Waals surface area contributed by atoms with Crippen molar-refractivity contribution in [3.05, 3.63) is 96.7 Å². The van der Waals surface area contributed by atoms with Crippen LogP contribution in [0, 0.1) is 5.82 Å². The van der Waals surface area contributed by atoms with Gasteiger partial charge in [-0.1, -0.05) is 42.5 Å². The van der Waals surface area contributed by atoms with Gasteiger partial charge in [-0.15, -0.1) is 0 Å². The molecule has 0 amide bonds. The third kappa shape index (κ3) is 3.98. The summed E-state index contributed by atoms with van der Waals surface area (Å²) in [7, 11) is 0. The van der Waals surface area contributed by atoms with Gasteiger partial charge in [-0.2, -0.15) is 10.2 Å². The Morgan fingerprint density at radius 2 is 1.70 bits per heavy atom. The third-order valence-corrected chi connectivity index (χ3v) is 4.11. The molecule has 0 spiro atoms. The lowest BCUT2D eigenvalue weighted by Gasteiger charge is -2.10. The zero-order valence-corrected chi connectivity index (χ0v) is 14.4. The summed E-state index contributed by atoms with van der Waals surface area (Å²) in [5.41, 5.74) is 4.26. The van der Waals surface area contributed by atoms with E-state index in [2.05, 4.69) is 15.2 Å². The van der Waals surface area contributed by atoms with Gasteiger partial charge in [0.25, 0.3) is 0 Å². The van der Waals surface area contributed by atoms with Crippen molar-refractivity contribution in [3.8, 4) is 28.1 Å². The van der Waals surface area contributed by atoms with Crippen LogP contribution >= 0.6 is 0 Å². The molecule has 0 aliphatic heterocycles. The average Bonchev–Trinajstić information content (AvgIpc) is 2.75. The van der Waals surface area contributed by atoms with Gasteiger partial charge in [-0.25, -0.2) is 4.39 Å². The number of pyridine rings is 1.